The van der Waals surface area contributed by atoms with Crippen LogP contribution < -0.4 is 4.90 Å². The molecule has 72 valence electrons. The first-order valence-electron chi connectivity index (χ1n) is 4.39. The second-order valence-corrected chi connectivity index (χ2v) is 3.75. The van der Waals surface area contributed by atoms with E-state index < -0.39 is 0 Å². The van der Waals surface area contributed by atoms with E-state index in [4.69, 9.17) is 0 Å². The highest BCUT2D eigenvalue weighted by atomic mass is 15.5. The molecule has 0 aliphatic carbocycles. The van der Waals surface area contributed by atoms with Gasteiger partial charge in [-0.15, -0.1) is 5.10 Å². The van der Waals surface area contributed by atoms with Crippen LogP contribution in [0.15, 0.2) is 0 Å². The van der Waals surface area contributed by atoms with E-state index >= 15 is 0 Å². The molecule has 0 unspecified atom stereocenters. The quantitative estimate of drug-likeness (QED) is 0.663. The molecule has 1 aliphatic rings. The van der Waals surface area contributed by atoms with Gasteiger partial charge in [0.15, 0.2) is 0 Å². The summed E-state index contributed by atoms with van der Waals surface area (Å²) in [5, 5.41) is 13.8. The summed E-state index contributed by atoms with van der Waals surface area (Å²) in [6.07, 6.45) is 0. The van der Waals surface area contributed by atoms with E-state index in [9.17, 15) is 0 Å². The molecule has 0 saturated carbocycles. The Morgan fingerprint density at radius 2 is 2.31 bits per heavy atom. The van der Waals surface area contributed by atoms with Crippen LogP contribution in [-0.4, -0.2) is 59.3 Å². The summed E-state index contributed by atoms with van der Waals surface area (Å²) in [5.41, 5.74) is 0. The molecule has 1 aromatic rings. The third kappa shape index (κ3) is 1.77. The van der Waals surface area contributed by atoms with Gasteiger partial charge < -0.3 is 9.80 Å². The predicted molar refractivity (Wildman–Crippen MR) is 48.4 cm³/mol. The van der Waals surface area contributed by atoms with E-state index in [-0.39, 0.29) is 0 Å². The first-order chi connectivity index (χ1) is 6.25. The molecular weight excluding hydrogens is 168 g/mol. The average Bonchev–Trinajstić information content (AvgIpc) is 2.46. The molecule has 13 heavy (non-hydrogen) atoms. The fraction of sp³-hybridized carbons (Fsp3) is 0.857. The summed E-state index contributed by atoms with van der Waals surface area (Å²) >= 11 is 0. The normalized spacial score (nSPS) is 17.9. The van der Waals surface area contributed by atoms with Gasteiger partial charge in [-0.05, 0) is 19.3 Å². The zero-order valence-corrected chi connectivity index (χ0v) is 7.93. The highest BCUT2D eigenvalue weighted by Crippen LogP contribution is 2.19. The third-order valence-corrected chi connectivity index (χ3v) is 2.20. The number of aromatic nitrogens is 4. The summed E-state index contributed by atoms with van der Waals surface area (Å²) in [7, 11) is 4.19. The van der Waals surface area contributed by atoms with Crippen LogP contribution in [0.3, 0.4) is 0 Å². The van der Waals surface area contributed by atoms with E-state index in [0.717, 1.165) is 31.5 Å². The first-order valence-corrected chi connectivity index (χ1v) is 4.39. The Bertz CT molecular complexity index is 250. The van der Waals surface area contributed by atoms with Gasteiger partial charge in [-0.2, -0.15) is 5.21 Å². The highest BCUT2D eigenvalue weighted by molar-refractivity contribution is 5.31. The maximum absolute atomic E-state index is 3.92. The van der Waals surface area contributed by atoms with Crippen molar-refractivity contribution in [1.29, 1.82) is 0 Å². The molecule has 0 radical (unpaired) electrons. The summed E-state index contributed by atoms with van der Waals surface area (Å²) in [6.45, 7) is 3.21. The number of nitrogens with one attached hydrogen (secondary N) is 1. The van der Waals surface area contributed by atoms with Crippen molar-refractivity contribution in [2.45, 2.75) is 0 Å². The first kappa shape index (κ1) is 8.43. The fourth-order valence-electron chi connectivity index (χ4n) is 1.66. The second-order valence-electron chi connectivity index (χ2n) is 3.75. The van der Waals surface area contributed by atoms with Crippen LogP contribution in [0.4, 0.5) is 5.95 Å². The lowest BCUT2D eigenvalue weighted by Gasteiger charge is -2.39. The average molecular weight is 182 g/mol. The molecule has 1 saturated heterocycles. The molecule has 6 heteroatoms. The van der Waals surface area contributed by atoms with E-state index in [1.807, 2.05) is 0 Å². The number of hydrogen-bond donors (Lipinski definition) is 1. The van der Waals surface area contributed by atoms with Gasteiger partial charge in [-0.3, -0.25) is 0 Å². The fourth-order valence-corrected chi connectivity index (χ4v) is 1.66. The molecule has 2 heterocycles. The van der Waals surface area contributed by atoms with Gasteiger partial charge in [-0.25, -0.2) is 0 Å². The minimum atomic E-state index is 0.718. The maximum Gasteiger partial charge on any atom is 0.265 e. The zero-order chi connectivity index (χ0) is 9.26. The predicted octanol–water partition coefficient (Wildman–Crippen LogP) is -0.802. The minimum absolute atomic E-state index is 0.718. The van der Waals surface area contributed by atoms with Gasteiger partial charge >= 0.3 is 0 Å². The lowest BCUT2D eigenvalue weighted by atomic mass is 10.0. The molecule has 1 aromatic heterocycles. The molecule has 0 amide bonds. The summed E-state index contributed by atoms with van der Waals surface area (Å²) in [4.78, 5) is 4.33. The van der Waals surface area contributed by atoms with E-state index in [0.29, 0.717) is 0 Å². The molecule has 1 N–H and O–H groups in total. The summed E-state index contributed by atoms with van der Waals surface area (Å²) in [6, 6.07) is 0. The van der Waals surface area contributed by atoms with Crippen molar-refractivity contribution in [1.82, 2.24) is 25.5 Å². The summed E-state index contributed by atoms with van der Waals surface area (Å²) < 4.78 is 0. The Morgan fingerprint density at radius 3 is 2.85 bits per heavy atom. The molecule has 2 rings (SSSR count). The van der Waals surface area contributed by atoms with E-state index in [1.54, 1.807) is 0 Å². The van der Waals surface area contributed by atoms with Gasteiger partial charge in [0.1, 0.15) is 0 Å². The third-order valence-electron chi connectivity index (χ3n) is 2.20. The Morgan fingerprint density at radius 1 is 1.54 bits per heavy atom. The molecule has 0 aromatic carbocycles. The molecule has 0 spiro atoms. The van der Waals surface area contributed by atoms with Crippen molar-refractivity contribution >= 4 is 5.95 Å². The van der Waals surface area contributed by atoms with Crippen molar-refractivity contribution in [3.63, 3.8) is 0 Å². The van der Waals surface area contributed by atoms with Crippen LogP contribution in [0.1, 0.15) is 0 Å². The standard InChI is InChI=1S/C7H14N6/c1-12(2)3-6-4-13(5-6)7-8-10-11-9-7/h6H,3-5H2,1-2H3,(H,8,9,10,11). The van der Waals surface area contributed by atoms with Gasteiger partial charge in [0.2, 0.25) is 0 Å². The minimum Gasteiger partial charge on any atom is -0.337 e. The molecule has 1 aliphatic heterocycles. The Labute approximate surface area is 76.9 Å². The van der Waals surface area contributed by atoms with Crippen LogP contribution in [0, 0.1) is 5.92 Å². The van der Waals surface area contributed by atoms with Crippen LogP contribution in [0.25, 0.3) is 0 Å². The van der Waals surface area contributed by atoms with E-state index in [2.05, 4.69) is 44.5 Å². The molecular formula is C7H14N6. The molecule has 1 fully saturated rings. The van der Waals surface area contributed by atoms with Crippen molar-refractivity contribution in [2.75, 3.05) is 38.6 Å². The number of tetrazole rings is 1. The van der Waals surface area contributed by atoms with Crippen LogP contribution >= 0.6 is 0 Å². The number of anilines is 1. The molecule has 0 bridgehead atoms. The Hall–Kier alpha value is -1.17. The van der Waals surface area contributed by atoms with Gasteiger partial charge in [0, 0.05) is 25.6 Å². The van der Waals surface area contributed by atoms with Crippen LogP contribution in [0.5, 0.6) is 0 Å². The largest absolute Gasteiger partial charge is 0.337 e. The monoisotopic (exact) mass is 182 g/mol. The smallest absolute Gasteiger partial charge is 0.265 e. The molecule has 0 atom stereocenters. The van der Waals surface area contributed by atoms with Crippen molar-refractivity contribution in [3.05, 3.63) is 0 Å². The Balaban J connectivity index is 1.79. The number of nitrogens with zero attached hydrogens (tertiary/aromatic N) is 5. The number of H-pyrrole nitrogens is 1. The van der Waals surface area contributed by atoms with Gasteiger partial charge in [0.25, 0.3) is 5.95 Å². The van der Waals surface area contributed by atoms with Gasteiger partial charge in [0.05, 0.1) is 0 Å². The van der Waals surface area contributed by atoms with Crippen molar-refractivity contribution in [3.8, 4) is 0 Å². The second kappa shape index (κ2) is 3.29. The van der Waals surface area contributed by atoms with Gasteiger partial charge in [-0.1, -0.05) is 5.10 Å². The van der Waals surface area contributed by atoms with Crippen LogP contribution in [0.2, 0.25) is 0 Å². The maximum atomic E-state index is 3.92. The molecule has 6 nitrogen and oxygen atoms in total. The van der Waals surface area contributed by atoms with Crippen LogP contribution in [-0.2, 0) is 0 Å². The summed E-state index contributed by atoms with van der Waals surface area (Å²) in [5.74, 6) is 1.46. The highest BCUT2D eigenvalue weighted by Gasteiger charge is 2.29. The lowest BCUT2D eigenvalue weighted by molar-refractivity contribution is 0.281. The topological polar surface area (TPSA) is 60.9 Å². The van der Waals surface area contributed by atoms with Crippen molar-refractivity contribution < 1.29 is 0 Å². The number of rotatable bonds is 3. The number of aromatic amines is 1. The SMILES string of the molecule is CN(C)CC1CN(c2nn[nH]n2)C1. The lowest BCUT2D eigenvalue weighted by Crippen LogP contribution is -2.51. The Kier molecular flexibility index (Phi) is 2.13. The zero-order valence-electron chi connectivity index (χ0n) is 7.93. The van der Waals surface area contributed by atoms with Crippen molar-refractivity contribution in [2.24, 2.45) is 5.92 Å². The number of hydrogen-bond acceptors (Lipinski definition) is 5. The van der Waals surface area contributed by atoms with E-state index in [1.165, 1.54) is 0 Å².